The molecule has 26 heavy (non-hydrogen) atoms. The van der Waals surface area contributed by atoms with Crippen LogP contribution in [0.2, 0.25) is 0 Å². The van der Waals surface area contributed by atoms with Crippen LogP contribution in [0.15, 0.2) is 52.1 Å². The number of nitrogens with zero attached hydrogens (tertiary/aromatic N) is 3. The minimum atomic E-state index is -0.381. The van der Waals surface area contributed by atoms with Gasteiger partial charge < -0.3 is 18.8 Å². The van der Waals surface area contributed by atoms with E-state index in [0.717, 1.165) is 0 Å². The van der Waals surface area contributed by atoms with Crippen LogP contribution in [0.25, 0.3) is 11.4 Å². The van der Waals surface area contributed by atoms with E-state index in [4.69, 9.17) is 18.8 Å². The van der Waals surface area contributed by atoms with Crippen LogP contribution < -0.4 is 9.47 Å². The van der Waals surface area contributed by atoms with Gasteiger partial charge in [-0.3, -0.25) is 0 Å². The third-order valence-corrected chi connectivity index (χ3v) is 3.47. The predicted octanol–water partition coefficient (Wildman–Crippen LogP) is 3.44. The van der Waals surface area contributed by atoms with Gasteiger partial charge in [0.2, 0.25) is 5.82 Å². The molecule has 0 N–H and O–H groups in total. The lowest BCUT2D eigenvalue weighted by atomic mass is 10.2. The van der Waals surface area contributed by atoms with E-state index < -0.39 is 0 Å². The summed E-state index contributed by atoms with van der Waals surface area (Å²) < 4.78 is 29.0. The van der Waals surface area contributed by atoms with Crippen molar-refractivity contribution in [2.75, 3.05) is 14.2 Å². The molecule has 0 radical (unpaired) electrons. The third-order valence-electron chi connectivity index (χ3n) is 3.47. The number of oxime groups is 1. The quantitative estimate of drug-likeness (QED) is 0.476. The SMILES string of the molecule is COc1ccc(-c2noc(CO/N=C\c3ccccc3F)n2)cc1OC. The molecule has 0 atom stereocenters. The van der Waals surface area contributed by atoms with E-state index in [1.165, 1.54) is 12.3 Å². The monoisotopic (exact) mass is 357 g/mol. The van der Waals surface area contributed by atoms with Gasteiger partial charge in [-0.25, -0.2) is 4.39 Å². The number of hydrogen-bond donors (Lipinski definition) is 0. The van der Waals surface area contributed by atoms with E-state index in [1.54, 1.807) is 50.6 Å². The Kier molecular flexibility index (Phi) is 5.43. The third kappa shape index (κ3) is 3.97. The van der Waals surface area contributed by atoms with Crippen LogP contribution >= 0.6 is 0 Å². The maximum Gasteiger partial charge on any atom is 0.267 e. The predicted molar refractivity (Wildman–Crippen MR) is 91.6 cm³/mol. The van der Waals surface area contributed by atoms with Gasteiger partial charge in [-0.05, 0) is 24.3 Å². The summed E-state index contributed by atoms with van der Waals surface area (Å²) in [6.07, 6.45) is 1.28. The fourth-order valence-corrected chi connectivity index (χ4v) is 2.17. The average Bonchev–Trinajstić information content (AvgIpc) is 3.15. The largest absolute Gasteiger partial charge is 0.493 e. The normalized spacial score (nSPS) is 10.9. The average molecular weight is 357 g/mol. The molecular weight excluding hydrogens is 341 g/mol. The molecule has 0 saturated heterocycles. The second kappa shape index (κ2) is 8.11. The lowest BCUT2D eigenvalue weighted by molar-refractivity contribution is 0.107. The fraction of sp³-hybridized carbons (Fsp3) is 0.167. The van der Waals surface area contributed by atoms with Gasteiger partial charge in [0, 0.05) is 11.1 Å². The smallest absolute Gasteiger partial charge is 0.267 e. The van der Waals surface area contributed by atoms with Crippen LogP contribution in [0.4, 0.5) is 4.39 Å². The van der Waals surface area contributed by atoms with E-state index in [-0.39, 0.29) is 18.3 Å². The van der Waals surface area contributed by atoms with Crippen molar-refractivity contribution in [3.8, 4) is 22.9 Å². The van der Waals surface area contributed by atoms with Gasteiger partial charge in [0.05, 0.1) is 20.4 Å². The zero-order valence-electron chi connectivity index (χ0n) is 14.2. The number of hydrogen-bond acceptors (Lipinski definition) is 7. The highest BCUT2D eigenvalue weighted by Gasteiger charge is 2.12. The maximum atomic E-state index is 13.4. The zero-order chi connectivity index (χ0) is 18.4. The van der Waals surface area contributed by atoms with Gasteiger partial charge in [-0.2, -0.15) is 4.98 Å². The van der Waals surface area contributed by atoms with Gasteiger partial charge >= 0.3 is 0 Å². The van der Waals surface area contributed by atoms with Gasteiger partial charge in [-0.1, -0.05) is 28.5 Å². The van der Waals surface area contributed by atoms with Crippen molar-refractivity contribution >= 4 is 6.21 Å². The molecule has 8 heteroatoms. The lowest BCUT2D eigenvalue weighted by Gasteiger charge is -2.07. The Morgan fingerprint density at radius 3 is 2.69 bits per heavy atom. The first kappa shape index (κ1) is 17.4. The fourth-order valence-electron chi connectivity index (χ4n) is 2.17. The Balaban J connectivity index is 1.64. The Morgan fingerprint density at radius 1 is 1.12 bits per heavy atom. The van der Waals surface area contributed by atoms with Crippen LogP contribution in [0.1, 0.15) is 11.5 Å². The minimum absolute atomic E-state index is 0.0365. The summed E-state index contributed by atoms with van der Waals surface area (Å²) in [5.41, 5.74) is 1.02. The number of aromatic nitrogens is 2. The van der Waals surface area contributed by atoms with Crippen LogP contribution in [0.3, 0.4) is 0 Å². The zero-order valence-corrected chi connectivity index (χ0v) is 14.2. The molecule has 0 saturated carbocycles. The molecule has 7 nitrogen and oxygen atoms in total. The number of rotatable bonds is 7. The number of benzene rings is 2. The van der Waals surface area contributed by atoms with Crippen LogP contribution in [0, 0.1) is 5.82 Å². The summed E-state index contributed by atoms with van der Waals surface area (Å²) in [5.74, 6) is 1.39. The molecule has 0 spiro atoms. The molecular formula is C18H16FN3O4. The lowest BCUT2D eigenvalue weighted by Crippen LogP contribution is -1.92. The number of halogens is 1. The van der Waals surface area contributed by atoms with Gasteiger partial charge in [0.25, 0.3) is 5.89 Å². The molecule has 0 bridgehead atoms. The molecule has 1 aromatic heterocycles. The summed E-state index contributed by atoms with van der Waals surface area (Å²) >= 11 is 0. The van der Waals surface area contributed by atoms with E-state index in [1.807, 2.05) is 0 Å². The van der Waals surface area contributed by atoms with Crippen molar-refractivity contribution in [2.24, 2.45) is 5.16 Å². The first-order chi connectivity index (χ1) is 12.7. The molecule has 0 amide bonds. The molecule has 3 rings (SSSR count). The minimum Gasteiger partial charge on any atom is -0.493 e. The van der Waals surface area contributed by atoms with Crippen molar-refractivity contribution in [3.63, 3.8) is 0 Å². The molecule has 0 fully saturated rings. The van der Waals surface area contributed by atoms with Gasteiger partial charge in [0.1, 0.15) is 5.82 Å². The number of methoxy groups -OCH3 is 2. The summed E-state index contributed by atoms with van der Waals surface area (Å²) in [5, 5.41) is 7.59. The van der Waals surface area contributed by atoms with Gasteiger partial charge in [-0.15, -0.1) is 0 Å². The van der Waals surface area contributed by atoms with Crippen LogP contribution in [0.5, 0.6) is 11.5 Å². The van der Waals surface area contributed by atoms with Crippen molar-refractivity contribution in [3.05, 3.63) is 59.7 Å². The highest BCUT2D eigenvalue weighted by atomic mass is 19.1. The second-order valence-electron chi connectivity index (χ2n) is 5.11. The molecule has 0 aliphatic carbocycles. The Morgan fingerprint density at radius 2 is 1.92 bits per heavy atom. The van der Waals surface area contributed by atoms with Crippen molar-refractivity contribution < 1.29 is 23.2 Å². The van der Waals surface area contributed by atoms with E-state index in [9.17, 15) is 4.39 Å². The molecule has 0 aliphatic heterocycles. The highest BCUT2D eigenvalue weighted by Crippen LogP contribution is 2.31. The first-order valence-electron chi connectivity index (χ1n) is 7.66. The van der Waals surface area contributed by atoms with E-state index in [2.05, 4.69) is 15.3 Å². The molecule has 1 heterocycles. The molecule has 0 unspecified atom stereocenters. The molecule has 2 aromatic carbocycles. The Labute approximate surface area is 149 Å². The second-order valence-corrected chi connectivity index (χ2v) is 5.11. The topological polar surface area (TPSA) is 79.0 Å². The molecule has 134 valence electrons. The standard InChI is InChI=1S/C18H16FN3O4/c1-23-15-8-7-12(9-16(15)24-2)18-21-17(26-22-18)11-25-20-10-13-5-3-4-6-14(13)19/h3-10H,11H2,1-2H3/b20-10-. The Bertz CT molecular complexity index is 911. The van der Waals surface area contributed by atoms with Crippen molar-refractivity contribution in [1.82, 2.24) is 10.1 Å². The summed E-state index contributed by atoms with van der Waals surface area (Å²) in [6, 6.07) is 11.5. The van der Waals surface area contributed by atoms with E-state index >= 15 is 0 Å². The Hall–Kier alpha value is -3.42. The summed E-state index contributed by atoms with van der Waals surface area (Å²) in [7, 11) is 3.11. The van der Waals surface area contributed by atoms with E-state index in [0.29, 0.717) is 28.5 Å². The highest BCUT2D eigenvalue weighted by molar-refractivity contribution is 5.79. The van der Waals surface area contributed by atoms with Crippen LogP contribution in [-0.2, 0) is 11.4 Å². The van der Waals surface area contributed by atoms with Gasteiger partial charge in [0.15, 0.2) is 18.1 Å². The molecule has 0 aliphatic rings. The summed E-state index contributed by atoms with van der Waals surface area (Å²) in [4.78, 5) is 9.30. The van der Waals surface area contributed by atoms with Crippen molar-refractivity contribution in [2.45, 2.75) is 6.61 Å². The van der Waals surface area contributed by atoms with Crippen molar-refractivity contribution in [1.29, 1.82) is 0 Å². The summed E-state index contributed by atoms with van der Waals surface area (Å²) in [6.45, 7) is -0.0365. The first-order valence-corrected chi connectivity index (χ1v) is 7.66. The molecule has 3 aromatic rings. The van der Waals surface area contributed by atoms with Crippen LogP contribution in [-0.4, -0.2) is 30.6 Å². The maximum absolute atomic E-state index is 13.4. The number of ether oxygens (including phenoxy) is 2.